The number of carbonyl (C=O) groups excluding carboxylic acids is 1. The molecule has 6 heteroatoms. The predicted octanol–water partition coefficient (Wildman–Crippen LogP) is 2.35. The van der Waals surface area contributed by atoms with E-state index in [0.29, 0.717) is 18.0 Å². The van der Waals surface area contributed by atoms with Crippen LogP contribution in [0.4, 0.5) is 5.69 Å². The minimum absolute atomic E-state index is 0.163. The summed E-state index contributed by atoms with van der Waals surface area (Å²) in [6.07, 6.45) is 2.17. The summed E-state index contributed by atoms with van der Waals surface area (Å²) < 4.78 is 23.2. The quantitative estimate of drug-likeness (QED) is 0.891. The van der Waals surface area contributed by atoms with E-state index in [2.05, 4.69) is 22.3 Å². The Bertz CT molecular complexity index is 850. The third-order valence-corrected chi connectivity index (χ3v) is 5.59. The number of para-hydroxylation sites is 1. The number of hydrogen-bond acceptors (Lipinski definition) is 4. The Labute approximate surface area is 148 Å². The Morgan fingerprint density at radius 2 is 1.92 bits per heavy atom. The first-order valence-corrected chi connectivity index (χ1v) is 10.2. The highest BCUT2D eigenvalue weighted by molar-refractivity contribution is 7.90. The van der Waals surface area contributed by atoms with E-state index in [0.717, 1.165) is 25.8 Å². The smallest absolute Gasteiger partial charge is 0.251 e. The molecule has 5 nitrogen and oxygen atoms in total. The normalized spacial score (nSPS) is 17.5. The van der Waals surface area contributed by atoms with Crippen molar-refractivity contribution < 1.29 is 13.2 Å². The van der Waals surface area contributed by atoms with Gasteiger partial charge >= 0.3 is 0 Å². The van der Waals surface area contributed by atoms with Crippen LogP contribution in [-0.2, 0) is 9.84 Å². The second kappa shape index (κ2) is 7.27. The molecule has 1 heterocycles. The molecule has 0 unspecified atom stereocenters. The number of rotatable bonds is 5. The number of anilines is 1. The molecule has 0 aromatic heterocycles. The monoisotopic (exact) mass is 358 g/mol. The fourth-order valence-electron chi connectivity index (χ4n) is 3.08. The Balaban J connectivity index is 1.57. The van der Waals surface area contributed by atoms with Crippen molar-refractivity contribution in [1.82, 2.24) is 5.32 Å². The summed E-state index contributed by atoms with van der Waals surface area (Å²) in [6.45, 7) is 2.48. The van der Waals surface area contributed by atoms with E-state index in [1.807, 2.05) is 18.2 Å². The van der Waals surface area contributed by atoms with Gasteiger partial charge in [0.25, 0.3) is 5.91 Å². The largest absolute Gasteiger partial charge is 0.371 e. The van der Waals surface area contributed by atoms with E-state index in [-0.39, 0.29) is 10.8 Å². The first kappa shape index (κ1) is 17.5. The first-order valence-electron chi connectivity index (χ1n) is 8.32. The molecule has 1 aliphatic heterocycles. The molecule has 25 heavy (non-hydrogen) atoms. The molecule has 1 aliphatic rings. The topological polar surface area (TPSA) is 66.5 Å². The maximum absolute atomic E-state index is 12.3. The minimum Gasteiger partial charge on any atom is -0.371 e. The number of nitrogens with zero attached hydrogens (tertiary/aromatic N) is 1. The fraction of sp³-hybridized carbons (Fsp3) is 0.316. The second-order valence-corrected chi connectivity index (χ2v) is 8.46. The van der Waals surface area contributed by atoms with E-state index in [9.17, 15) is 13.2 Å². The van der Waals surface area contributed by atoms with Crippen molar-refractivity contribution in [2.75, 3.05) is 30.8 Å². The zero-order chi connectivity index (χ0) is 17.9. The van der Waals surface area contributed by atoms with Gasteiger partial charge < -0.3 is 10.2 Å². The molecule has 132 valence electrons. The zero-order valence-corrected chi connectivity index (χ0v) is 15.0. The number of amides is 1. The highest BCUT2D eigenvalue weighted by atomic mass is 32.2. The molecule has 2 aromatic rings. The lowest BCUT2D eigenvalue weighted by Gasteiger charge is -2.18. The molecule has 0 bridgehead atoms. The van der Waals surface area contributed by atoms with Gasteiger partial charge in [-0.25, -0.2) is 8.42 Å². The Hall–Kier alpha value is -2.34. The van der Waals surface area contributed by atoms with Crippen LogP contribution in [0, 0.1) is 5.92 Å². The average Bonchev–Trinajstić information content (AvgIpc) is 3.09. The van der Waals surface area contributed by atoms with Gasteiger partial charge in [-0.1, -0.05) is 24.3 Å². The first-order chi connectivity index (χ1) is 11.9. The molecule has 1 amide bonds. The molecule has 0 radical (unpaired) electrons. The van der Waals surface area contributed by atoms with Gasteiger partial charge in [-0.05, 0) is 42.7 Å². The molecule has 1 saturated heterocycles. The number of nitrogens with one attached hydrogen (secondary N) is 1. The third-order valence-electron chi connectivity index (χ3n) is 4.48. The van der Waals surface area contributed by atoms with Gasteiger partial charge in [0.05, 0.1) is 4.90 Å². The van der Waals surface area contributed by atoms with Crippen molar-refractivity contribution in [3.8, 4) is 0 Å². The van der Waals surface area contributed by atoms with Crippen molar-refractivity contribution in [2.24, 2.45) is 5.92 Å². The van der Waals surface area contributed by atoms with Gasteiger partial charge in [-0.15, -0.1) is 0 Å². The number of hydrogen-bond donors (Lipinski definition) is 1. The molecule has 2 aromatic carbocycles. The van der Waals surface area contributed by atoms with E-state index in [1.165, 1.54) is 17.8 Å². The Kier molecular flexibility index (Phi) is 5.08. The van der Waals surface area contributed by atoms with Gasteiger partial charge in [-0.3, -0.25) is 4.79 Å². The number of sulfone groups is 1. The van der Waals surface area contributed by atoms with Gasteiger partial charge in [0.2, 0.25) is 0 Å². The van der Waals surface area contributed by atoms with Gasteiger partial charge in [0.1, 0.15) is 0 Å². The van der Waals surface area contributed by atoms with Crippen LogP contribution >= 0.6 is 0 Å². The number of benzene rings is 2. The molecule has 0 aliphatic carbocycles. The molecule has 1 N–H and O–H groups in total. The maximum Gasteiger partial charge on any atom is 0.251 e. The summed E-state index contributed by atoms with van der Waals surface area (Å²) in [5.41, 5.74) is 1.58. The van der Waals surface area contributed by atoms with Crippen molar-refractivity contribution in [1.29, 1.82) is 0 Å². The summed E-state index contributed by atoms with van der Waals surface area (Å²) in [7, 11) is -3.31. The standard InChI is InChI=1S/C19H22N2O3S/c1-25(23,24)18-9-5-6-16(12-18)19(22)20-13-15-10-11-21(14-15)17-7-3-2-4-8-17/h2-9,12,15H,10-11,13-14H2,1H3,(H,20,22)/t15-/m1/s1. The van der Waals surface area contributed by atoms with Crippen LogP contribution in [-0.4, -0.2) is 40.2 Å². The summed E-state index contributed by atoms with van der Waals surface area (Å²) >= 11 is 0. The van der Waals surface area contributed by atoms with Crippen molar-refractivity contribution in [3.63, 3.8) is 0 Å². The van der Waals surface area contributed by atoms with Gasteiger partial charge in [0, 0.05) is 37.1 Å². The highest BCUT2D eigenvalue weighted by Crippen LogP contribution is 2.23. The van der Waals surface area contributed by atoms with Crippen molar-refractivity contribution in [2.45, 2.75) is 11.3 Å². The van der Waals surface area contributed by atoms with Crippen LogP contribution in [0.25, 0.3) is 0 Å². The van der Waals surface area contributed by atoms with Gasteiger partial charge in [-0.2, -0.15) is 0 Å². The fourth-order valence-corrected chi connectivity index (χ4v) is 3.75. The van der Waals surface area contributed by atoms with Crippen LogP contribution in [0.5, 0.6) is 0 Å². The molecule has 3 rings (SSSR count). The summed E-state index contributed by atoms with van der Waals surface area (Å²) in [4.78, 5) is 14.8. The van der Waals surface area contributed by atoms with Crippen molar-refractivity contribution >= 4 is 21.4 Å². The number of carbonyl (C=O) groups is 1. The molecular formula is C19H22N2O3S. The average molecular weight is 358 g/mol. The van der Waals surface area contributed by atoms with E-state index < -0.39 is 9.84 Å². The Morgan fingerprint density at radius 1 is 1.16 bits per heavy atom. The third kappa shape index (κ3) is 4.39. The maximum atomic E-state index is 12.3. The van der Waals surface area contributed by atoms with E-state index in [1.54, 1.807) is 12.1 Å². The predicted molar refractivity (Wildman–Crippen MR) is 98.6 cm³/mol. The molecule has 1 fully saturated rings. The van der Waals surface area contributed by atoms with Crippen LogP contribution in [0.15, 0.2) is 59.5 Å². The van der Waals surface area contributed by atoms with Crippen LogP contribution < -0.4 is 10.2 Å². The van der Waals surface area contributed by atoms with Crippen LogP contribution in [0.2, 0.25) is 0 Å². The van der Waals surface area contributed by atoms with Crippen molar-refractivity contribution in [3.05, 3.63) is 60.2 Å². The lowest BCUT2D eigenvalue weighted by Crippen LogP contribution is -2.31. The summed E-state index contributed by atoms with van der Waals surface area (Å²) in [6, 6.07) is 16.4. The summed E-state index contributed by atoms with van der Waals surface area (Å²) in [5, 5.41) is 2.93. The molecule has 0 spiro atoms. The Morgan fingerprint density at radius 3 is 2.64 bits per heavy atom. The molecular weight excluding hydrogens is 336 g/mol. The van der Waals surface area contributed by atoms with E-state index >= 15 is 0 Å². The lowest BCUT2D eigenvalue weighted by atomic mass is 10.1. The summed E-state index contributed by atoms with van der Waals surface area (Å²) in [5.74, 6) is 0.158. The van der Waals surface area contributed by atoms with Gasteiger partial charge in [0.15, 0.2) is 9.84 Å². The SMILES string of the molecule is CS(=O)(=O)c1cccc(C(=O)NC[C@H]2CCN(c3ccccc3)C2)c1. The minimum atomic E-state index is -3.31. The van der Waals surface area contributed by atoms with Crippen LogP contribution in [0.3, 0.4) is 0 Å². The van der Waals surface area contributed by atoms with E-state index in [4.69, 9.17) is 0 Å². The molecule has 1 atom stereocenters. The molecule has 0 saturated carbocycles. The van der Waals surface area contributed by atoms with Crippen LogP contribution in [0.1, 0.15) is 16.8 Å². The second-order valence-electron chi connectivity index (χ2n) is 6.45. The zero-order valence-electron chi connectivity index (χ0n) is 14.2. The highest BCUT2D eigenvalue weighted by Gasteiger charge is 2.23. The lowest BCUT2D eigenvalue weighted by molar-refractivity contribution is 0.0948.